The zero-order valence-corrected chi connectivity index (χ0v) is 10.5. The Morgan fingerprint density at radius 2 is 1.53 bits per heavy atom. The number of ether oxygens (including phenoxy) is 2. The summed E-state index contributed by atoms with van der Waals surface area (Å²) in [5, 5.41) is 0. The van der Waals surface area contributed by atoms with Crippen LogP contribution in [0.25, 0.3) is 0 Å². The van der Waals surface area contributed by atoms with Crippen LogP contribution in [0.5, 0.6) is 0 Å². The third-order valence-electron chi connectivity index (χ3n) is 2.41. The SMILES string of the molecule is CCCOCC(C)(C)C(N)(N)OCCC. The van der Waals surface area contributed by atoms with E-state index in [1.807, 2.05) is 20.8 Å². The fourth-order valence-electron chi connectivity index (χ4n) is 1.05. The van der Waals surface area contributed by atoms with Gasteiger partial charge >= 0.3 is 0 Å². The average molecular weight is 218 g/mol. The molecule has 15 heavy (non-hydrogen) atoms. The largest absolute Gasteiger partial charge is 0.381 e. The molecule has 0 saturated carbocycles. The summed E-state index contributed by atoms with van der Waals surface area (Å²) in [5.74, 6) is -1.13. The number of rotatable bonds is 8. The fourth-order valence-corrected chi connectivity index (χ4v) is 1.05. The van der Waals surface area contributed by atoms with Crippen molar-refractivity contribution in [3.63, 3.8) is 0 Å². The molecule has 4 nitrogen and oxygen atoms in total. The standard InChI is InChI=1S/C11H26N2O2/c1-5-7-14-9-10(3,4)11(12,13)15-8-6-2/h5-9,12-13H2,1-4H3. The third kappa shape index (κ3) is 4.93. The number of nitrogens with two attached hydrogens (primary N) is 2. The minimum atomic E-state index is -1.13. The quantitative estimate of drug-likeness (QED) is 0.478. The summed E-state index contributed by atoms with van der Waals surface area (Å²) in [7, 11) is 0. The Bertz CT molecular complexity index is 170. The summed E-state index contributed by atoms with van der Waals surface area (Å²) < 4.78 is 10.9. The Morgan fingerprint density at radius 3 is 2.00 bits per heavy atom. The Hall–Kier alpha value is -0.160. The van der Waals surface area contributed by atoms with Gasteiger partial charge in [-0.15, -0.1) is 0 Å². The van der Waals surface area contributed by atoms with E-state index in [-0.39, 0.29) is 0 Å². The van der Waals surface area contributed by atoms with Crippen molar-refractivity contribution in [2.75, 3.05) is 19.8 Å². The van der Waals surface area contributed by atoms with Crippen molar-refractivity contribution in [2.24, 2.45) is 16.9 Å². The highest BCUT2D eigenvalue weighted by Crippen LogP contribution is 2.26. The van der Waals surface area contributed by atoms with Gasteiger partial charge in [0.1, 0.15) is 0 Å². The summed E-state index contributed by atoms with van der Waals surface area (Å²) >= 11 is 0. The topological polar surface area (TPSA) is 70.5 Å². The van der Waals surface area contributed by atoms with E-state index in [2.05, 4.69) is 6.92 Å². The second-order valence-corrected chi connectivity index (χ2v) is 4.58. The Kier molecular flexibility index (Phi) is 6.36. The first kappa shape index (κ1) is 14.8. The number of hydrogen-bond acceptors (Lipinski definition) is 4. The van der Waals surface area contributed by atoms with Gasteiger partial charge in [0.25, 0.3) is 0 Å². The minimum Gasteiger partial charge on any atom is -0.381 e. The first-order chi connectivity index (χ1) is 6.87. The molecular weight excluding hydrogens is 192 g/mol. The monoisotopic (exact) mass is 218 g/mol. The predicted molar refractivity (Wildman–Crippen MR) is 62.2 cm³/mol. The summed E-state index contributed by atoms with van der Waals surface area (Å²) in [6.45, 7) is 9.82. The molecule has 0 bridgehead atoms. The lowest BCUT2D eigenvalue weighted by atomic mass is 9.88. The van der Waals surface area contributed by atoms with E-state index in [0.29, 0.717) is 13.2 Å². The van der Waals surface area contributed by atoms with Crippen LogP contribution in [0, 0.1) is 5.41 Å². The zero-order valence-electron chi connectivity index (χ0n) is 10.5. The summed E-state index contributed by atoms with van der Waals surface area (Å²) in [6, 6.07) is 0. The van der Waals surface area contributed by atoms with Crippen LogP contribution in [0.1, 0.15) is 40.5 Å². The molecule has 4 N–H and O–H groups in total. The van der Waals surface area contributed by atoms with Gasteiger partial charge in [0, 0.05) is 12.0 Å². The Balaban J connectivity index is 4.14. The fraction of sp³-hybridized carbons (Fsp3) is 1.00. The van der Waals surface area contributed by atoms with E-state index in [4.69, 9.17) is 20.9 Å². The van der Waals surface area contributed by atoms with Crippen LogP contribution in [0.15, 0.2) is 0 Å². The molecule has 0 aromatic rings. The highest BCUT2D eigenvalue weighted by atomic mass is 16.5. The van der Waals surface area contributed by atoms with E-state index in [1.54, 1.807) is 0 Å². The van der Waals surface area contributed by atoms with Crippen LogP contribution >= 0.6 is 0 Å². The minimum absolute atomic E-state index is 0.392. The van der Waals surface area contributed by atoms with Crippen molar-refractivity contribution < 1.29 is 9.47 Å². The molecule has 0 aliphatic carbocycles. The van der Waals surface area contributed by atoms with Crippen molar-refractivity contribution in [3.8, 4) is 0 Å². The van der Waals surface area contributed by atoms with Gasteiger partial charge in [0.15, 0.2) is 5.85 Å². The molecule has 0 heterocycles. The maximum Gasteiger partial charge on any atom is 0.177 e. The molecule has 0 amide bonds. The molecule has 0 aliphatic rings. The van der Waals surface area contributed by atoms with E-state index >= 15 is 0 Å². The van der Waals surface area contributed by atoms with Crippen LogP contribution in [-0.2, 0) is 9.47 Å². The lowest BCUT2D eigenvalue weighted by Gasteiger charge is -2.40. The molecule has 0 aromatic heterocycles. The molecule has 92 valence electrons. The zero-order chi connectivity index (χ0) is 11.9. The molecule has 0 unspecified atom stereocenters. The maximum atomic E-state index is 5.94. The molecule has 0 fully saturated rings. The van der Waals surface area contributed by atoms with Gasteiger partial charge in [-0.1, -0.05) is 27.7 Å². The van der Waals surface area contributed by atoms with Crippen LogP contribution in [0.3, 0.4) is 0 Å². The molecule has 0 rings (SSSR count). The van der Waals surface area contributed by atoms with Crippen molar-refractivity contribution in [3.05, 3.63) is 0 Å². The van der Waals surface area contributed by atoms with Crippen molar-refractivity contribution in [1.82, 2.24) is 0 Å². The van der Waals surface area contributed by atoms with Crippen molar-refractivity contribution in [1.29, 1.82) is 0 Å². The van der Waals surface area contributed by atoms with Gasteiger partial charge < -0.3 is 9.47 Å². The van der Waals surface area contributed by atoms with Crippen molar-refractivity contribution in [2.45, 2.75) is 46.4 Å². The van der Waals surface area contributed by atoms with Gasteiger partial charge in [0.2, 0.25) is 0 Å². The van der Waals surface area contributed by atoms with E-state index in [0.717, 1.165) is 19.4 Å². The Morgan fingerprint density at radius 1 is 1.00 bits per heavy atom. The van der Waals surface area contributed by atoms with Crippen LogP contribution in [-0.4, -0.2) is 25.7 Å². The molecule has 4 heteroatoms. The predicted octanol–water partition coefficient (Wildman–Crippen LogP) is 1.44. The second kappa shape index (κ2) is 6.43. The van der Waals surface area contributed by atoms with E-state index < -0.39 is 11.3 Å². The summed E-state index contributed by atoms with van der Waals surface area (Å²) in [4.78, 5) is 0. The second-order valence-electron chi connectivity index (χ2n) is 4.58. The maximum absolute atomic E-state index is 5.94. The van der Waals surface area contributed by atoms with Crippen LogP contribution in [0.4, 0.5) is 0 Å². The molecular formula is C11H26N2O2. The lowest BCUT2D eigenvalue weighted by Crippen LogP contribution is -2.63. The van der Waals surface area contributed by atoms with Gasteiger partial charge in [0.05, 0.1) is 13.2 Å². The Labute approximate surface area is 93.3 Å². The molecule has 0 saturated heterocycles. The summed E-state index contributed by atoms with van der Waals surface area (Å²) in [5.41, 5.74) is 11.5. The molecule has 0 radical (unpaired) electrons. The molecule has 0 aromatic carbocycles. The normalized spacial score (nSPS) is 13.2. The molecule has 0 spiro atoms. The van der Waals surface area contributed by atoms with Crippen molar-refractivity contribution >= 4 is 0 Å². The molecule has 0 aliphatic heterocycles. The van der Waals surface area contributed by atoms with E-state index in [9.17, 15) is 0 Å². The highest BCUT2D eigenvalue weighted by Gasteiger charge is 2.39. The van der Waals surface area contributed by atoms with Gasteiger partial charge in [-0.2, -0.15) is 0 Å². The first-order valence-electron chi connectivity index (χ1n) is 5.67. The first-order valence-corrected chi connectivity index (χ1v) is 5.67. The lowest BCUT2D eigenvalue weighted by molar-refractivity contribution is -0.140. The average Bonchev–Trinajstić information content (AvgIpc) is 2.15. The van der Waals surface area contributed by atoms with Gasteiger partial charge in [-0.3, -0.25) is 11.5 Å². The smallest absolute Gasteiger partial charge is 0.177 e. The summed E-state index contributed by atoms with van der Waals surface area (Å²) in [6.07, 6.45) is 1.90. The highest BCUT2D eigenvalue weighted by molar-refractivity contribution is 4.85. The van der Waals surface area contributed by atoms with Crippen LogP contribution < -0.4 is 11.5 Å². The van der Waals surface area contributed by atoms with Crippen LogP contribution in [0.2, 0.25) is 0 Å². The molecule has 0 atom stereocenters. The van der Waals surface area contributed by atoms with Gasteiger partial charge in [-0.05, 0) is 12.8 Å². The van der Waals surface area contributed by atoms with Gasteiger partial charge in [-0.25, -0.2) is 0 Å². The van der Waals surface area contributed by atoms with E-state index in [1.165, 1.54) is 0 Å². The third-order valence-corrected chi connectivity index (χ3v) is 2.41. The number of hydrogen-bond donors (Lipinski definition) is 2.